The van der Waals surface area contributed by atoms with Crippen LogP contribution in [0.25, 0.3) is 0 Å². The number of hydrogen-bond acceptors (Lipinski definition) is 3. The molecule has 6 heteroatoms. The molecule has 0 atom stereocenters. The summed E-state index contributed by atoms with van der Waals surface area (Å²) in [4.78, 5) is -0.0120. The van der Waals surface area contributed by atoms with Crippen LogP contribution in [0.5, 0.6) is 0 Å². The van der Waals surface area contributed by atoms with Crippen molar-refractivity contribution >= 4 is 10.0 Å². The van der Waals surface area contributed by atoms with E-state index in [0.717, 1.165) is 44.6 Å². The zero-order chi connectivity index (χ0) is 15.5. The lowest BCUT2D eigenvalue weighted by atomic mass is 9.90. The van der Waals surface area contributed by atoms with Crippen LogP contribution in [-0.2, 0) is 10.0 Å². The smallest absolute Gasteiger partial charge is 0.243 e. The molecule has 1 aromatic rings. The highest BCUT2D eigenvalue weighted by Crippen LogP contribution is 2.34. The van der Waals surface area contributed by atoms with Crippen LogP contribution in [-0.4, -0.2) is 31.9 Å². The molecule has 1 fully saturated rings. The van der Waals surface area contributed by atoms with Gasteiger partial charge in [-0.05, 0) is 31.0 Å². The molecule has 0 bridgehead atoms. The first-order valence-corrected chi connectivity index (χ1v) is 8.81. The molecule has 1 aromatic carbocycles. The number of halogens is 1. The van der Waals surface area contributed by atoms with Crippen molar-refractivity contribution in [3.05, 3.63) is 30.1 Å². The fourth-order valence-corrected chi connectivity index (χ4v) is 4.67. The Morgan fingerprint density at radius 1 is 1.24 bits per heavy atom. The summed E-state index contributed by atoms with van der Waals surface area (Å²) >= 11 is 0. The summed E-state index contributed by atoms with van der Waals surface area (Å²) in [6.45, 7) is 0.290. The van der Waals surface area contributed by atoms with E-state index in [1.54, 1.807) is 7.05 Å². The Morgan fingerprint density at radius 2 is 1.86 bits per heavy atom. The Bertz CT molecular complexity index is 581. The SMILES string of the molecule is CN(C1(CN)CCCCCC1)S(=O)(=O)c1cccc(F)c1. The van der Waals surface area contributed by atoms with Gasteiger partial charge < -0.3 is 5.73 Å². The minimum atomic E-state index is -3.73. The molecule has 21 heavy (non-hydrogen) atoms. The van der Waals surface area contributed by atoms with Gasteiger partial charge in [-0.1, -0.05) is 31.7 Å². The molecule has 0 saturated heterocycles. The second kappa shape index (κ2) is 6.42. The van der Waals surface area contributed by atoms with Crippen molar-refractivity contribution in [2.75, 3.05) is 13.6 Å². The van der Waals surface area contributed by atoms with Gasteiger partial charge in [-0.15, -0.1) is 0 Å². The number of nitrogens with two attached hydrogens (primary N) is 1. The first kappa shape index (κ1) is 16.4. The molecular weight excluding hydrogens is 291 g/mol. The number of benzene rings is 1. The van der Waals surface area contributed by atoms with Gasteiger partial charge in [0.25, 0.3) is 0 Å². The molecule has 2 rings (SSSR count). The van der Waals surface area contributed by atoms with E-state index in [1.165, 1.54) is 22.5 Å². The molecule has 1 aliphatic rings. The van der Waals surface area contributed by atoms with Gasteiger partial charge in [0.05, 0.1) is 4.90 Å². The van der Waals surface area contributed by atoms with Crippen molar-refractivity contribution in [2.24, 2.45) is 5.73 Å². The summed E-state index contributed by atoms with van der Waals surface area (Å²) in [5.41, 5.74) is 5.38. The molecule has 4 nitrogen and oxygen atoms in total. The van der Waals surface area contributed by atoms with Crippen molar-refractivity contribution in [1.82, 2.24) is 4.31 Å². The van der Waals surface area contributed by atoms with Crippen molar-refractivity contribution in [1.29, 1.82) is 0 Å². The van der Waals surface area contributed by atoms with Crippen LogP contribution < -0.4 is 5.73 Å². The minimum Gasteiger partial charge on any atom is -0.329 e. The fourth-order valence-electron chi connectivity index (χ4n) is 3.07. The van der Waals surface area contributed by atoms with Gasteiger partial charge in [0.2, 0.25) is 10.0 Å². The van der Waals surface area contributed by atoms with Gasteiger partial charge in [-0.3, -0.25) is 0 Å². The molecule has 2 N–H and O–H groups in total. The Hall–Kier alpha value is -0.980. The average molecular weight is 314 g/mol. The van der Waals surface area contributed by atoms with Gasteiger partial charge >= 0.3 is 0 Å². The van der Waals surface area contributed by atoms with Crippen LogP contribution in [0.3, 0.4) is 0 Å². The molecule has 118 valence electrons. The highest BCUT2D eigenvalue weighted by Gasteiger charge is 2.40. The van der Waals surface area contributed by atoms with Crippen LogP contribution in [0.2, 0.25) is 0 Å². The standard InChI is InChI=1S/C15H23FN2O2S/c1-18(15(12-17)9-4-2-3-5-10-15)21(19,20)14-8-6-7-13(16)11-14/h6-8,11H,2-5,9-10,12,17H2,1H3. The normalized spacial score (nSPS) is 19.4. The fraction of sp³-hybridized carbons (Fsp3) is 0.600. The maximum atomic E-state index is 13.3. The predicted octanol–water partition coefficient (Wildman–Crippen LogP) is 2.50. The van der Waals surface area contributed by atoms with E-state index in [9.17, 15) is 12.8 Å². The van der Waals surface area contributed by atoms with Gasteiger partial charge in [0, 0.05) is 19.1 Å². The maximum absolute atomic E-state index is 13.3. The Morgan fingerprint density at radius 3 is 2.38 bits per heavy atom. The topological polar surface area (TPSA) is 63.4 Å². The van der Waals surface area contributed by atoms with E-state index < -0.39 is 21.4 Å². The van der Waals surface area contributed by atoms with Gasteiger partial charge in [-0.2, -0.15) is 4.31 Å². The first-order chi connectivity index (χ1) is 9.92. The summed E-state index contributed by atoms with van der Waals surface area (Å²) in [6, 6.07) is 5.14. The average Bonchev–Trinajstić information content (AvgIpc) is 2.72. The number of hydrogen-bond donors (Lipinski definition) is 1. The third-order valence-electron chi connectivity index (χ3n) is 4.54. The van der Waals surface area contributed by atoms with Crippen LogP contribution in [0, 0.1) is 5.82 Å². The lowest BCUT2D eigenvalue weighted by Gasteiger charge is -2.39. The van der Waals surface area contributed by atoms with E-state index in [1.807, 2.05) is 0 Å². The highest BCUT2D eigenvalue weighted by molar-refractivity contribution is 7.89. The molecule has 1 aliphatic carbocycles. The second-order valence-electron chi connectivity index (χ2n) is 5.77. The molecule has 0 unspecified atom stereocenters. The van der Waals surface area contributed by atoms with Crippen LogP contribution in [0.1, 0.15) is 38.5 Å². The zero-order valence-electron chi connectivity index (χ0n) is 12.4. The zero-order valence-corrected chi connectivity index (χ0v) is 13.2. The van der Waals surface area contributed by atoms with Crippen LogP contribution in [0.15, 0.2) is 29.2 Å². The number of sulfonamides is 1. The van der Waals surface area contributed by atoms with Crippen molar-refractivity contribution in [3.8, 4) is 0 Å². The maximum Gasteiger partial charge on any atom is 0.243 e. The summed E-state index contributed by atoms with van der Waals surface area (Å²) in [6.07, 6.45) is 5.68. The van der Waals surface area contributed by atoms with E-state index in [2.05, 4.69) is 0 Å². The molecule has 1 saturated carbocycles. The molecule has 0 aromatic heterocycles. The van der Waals surface area contributed by atoms with Crippen molar-refractivity contribution in [3.63, 3.8) is 0 Å². The molecule has 0 heterocycles. The molecule has 0 aliphatic heterocycles. The van der Waals surface area contributed by atoms with E-state index in [-0.39, 0.29) is 11.4 Å². The Balaban J connectivity index is 2.37. The predicted molar refractivity (Wildman–Crippen MR) is 80.8 cm³/mol. The molecule has 0 amide bonds. The quantitative estimate of drug-likeness (QED) is 0.869. The molecular formula is C15H23FN2O2S. The number of nitrogens with zero attached hydrogens (tertiary/aromatic N) is 1. The minimum absolute atomic E-state index is 0.0120. The monoisotopic (exact) mass is 314 g/mol. The Labute approximate surface area is 126 Å². The van der Waals surface area contributed by atoms with Crippen molar-refractivity contribution < 1.29 is 12.8 Å². The lowest BCUT2D eigenvalue weighted by Crippen LogP contribution is -2.54. The summed E-state index contributed by atoms with van der Waals surface area (Å²) < 4.78 is 40.2. The second-order valence-corrected chi connectivity index (χ2v) is 7.74. The van der Waals surface area contributed by atoms with Gasteiger partial charge in [0.15, 0.2) is 0 Å². The van der Waals surface area contributed by atoms with E-state index >= 15 is 0 Å². The van der Waals surface area contributed by atoms with E-state index in [0.29, 0.717) is 0 Å². The first-order valence-electron chi connectivity index (χ1n) is 7.37. The number of rotatable bonds is 4. The summed E-state index contributed by atoms with van der Waals surface area (Å²) in [5.74, 6) is -0.549. The van der Waals surface area contributed by atoms with Crippen LogP contribution in [0.4, 0.5) is 4.39 Å². The third-order valence-corrected chi connectivity index (χ3v) is 6.49. The summed E-state index contributed by atoms with van der Waals surface area (Å²) in [7, 11) is -2.17. The highest BCUT2D eigenvalue weighted by atomic mass is 32.2. The van der Waals surface area contributed by atoms with Crippen molar-refractivity contribution in [2.45, 2.75) is 49.0 Å². The largest absolute Gasteiger partial charge is 0.329 e. The van der Waals surface area contributed by atoms with Crippen LogP contribution >= 0.6 is 0 Å². The number of likely N-dealkylation sites (N-methyl/N-ethyl adjacent to an activating group) is 1. The van der Waals surface area contributed by atoms with E-state index in [4.69, 9.17) is 5.73 Å². The van der Waals surface area contributed by atoms with Gasteiger partial charge in [-0.25, -0.2) is 12.8 Å². The molecule has 0 spiro atoms. The Kier molecular flexibility index (Phi) is 5.01. The summed E-state index contributed by atoms with van der Waals surface area (Å²) in [5, 5.41) is 0. The van der Waals surface area contributed by atoms with Gasteiger partial charge in [0.1, 0.15) is 5.82 Å². The molecule has 0 radical (unpaired) electrons. The third kappa shape index (κ3) is 3.27. The lowest BCUT2D eigenvalue weighted by molar-refractivity contribution is 0.196.